The van der Waals surface area contributed by atoms with Gasteiger partial charge in [-0.2, -0.15) is 0 Å². The number of aliphatic hydroxyl groups excluding tert-OH is 1. The zero-order valence-electron chi connectivity index (χ0n) is 20.8. The van der Waals surface area contributed by atoms with Gasteiger partial charge in [-0.05, 0) is 0 Å². The zero-order chi connectivity index (χ0) is 25.2. The van der Waals surface area contributed by atoms with Crippen molar-refractivity contribution in [2.24, 2.45) is 0 Å². The van der Waals surface area contributed by atoms with E-state index in [1.54, 1.807) is 37.3 Å². The Morgan fingerprint density at radius 2 is 2.03 bits per heavy atom. The molecule has 0 unspecified atom stereocenters. The van der Waals surface area contributed by atoms with Crippen molar-refractivity contribution >= 4 is 64.7 Å². The molecule has 2 aromatic carbocycles. The molecule has 8 heteroatoms. The molecule has 1 aliphatic rings. The molecule has 36 heavy (non-hydrogen) atoms. The van der Waals surface area contributed by atoms with E-state index in [9.17, 15) is 5.11 Å². The Morgan fingerprint density at radius 3 is 2.72 bits per heavy atom. The van der Waals surface area contributed by atoms with Crippen LogP contribution in [0.15, 0.2) is 63.8 Å². The zero-order valence-corrected chi connectivity index (χ0v) is 24.1. The summed E-state index contributed by atoms with van der Waals surface area (Å²) in [6.07, 6.45) is 4.62. The van der Waals surface area contributed by atoms with E-state index in [1.807, 2.05) is 0 Å². The predicted octanol–water partition coefficient (Wildman–Crippen LogP) is 5.58. The third kappa shape index (κ3) is 4.76. The third-order valence-corrected chi connectivity index (χ3v) is 10.5. The maximum atomic E-state index is 9.86. The Morgan fingerprint density at radius 1 is 1.17 bits per heavy atom. The summed E-state index contributed by atoms with van der Waals surface area (Å²) in [6.45, 7) is 5.79. The SMILES string of the molecule is CC[n+]1c(/C=C(/C=C2/Sc3cc(OC)c(C)cc3N2CCO)c2cccs2)[se]c2ccc(OC)cc21. The summed E-state index contributed by atoms with van der Waals surface area (Å²) in [5, 5.41) is 13.1. The topological polar surface area (TPSA) is 45.8 Å². The molecular formula is C28H29N2O3S2Se+. The standard InChI is InChI=1S/C28H29N2O3S2Se/c1-5-29-22-16-20(32-3)8-9-26(22)36-28(29)15-19(24-7-6-12-34-24)14-27-30(10-11-31)21-13-18(2)23(33-4)17-25(21)35-27/h6-9,12-17,31H,5,10-11H2,1-4H3/q+1. The Labute approximate surface area is 226 Å². The molecule has 0 amide bonds. The molecule has 5 nitrogen and oxygen atoms in total. The predicted molar refractivity (Wildman–Crippen MR) is 152 cm³/mol. The second kappa shape index (κ2) is 10.9. The van der Waals surface area contributed by atoms with Crippen LogP contribution in [-0.2, 0) is 6.54 Å². The monoisotopic (exact) mass is 585 g/mol. The van der Waals surface area contributed by atoms with Gasteiger partial charge in [0, 0.05) is 0 Å². The molecule has 0 bridgehead atoms. The number of β-amino-alcohol motifs (C(OH)–C–C–N with tert-alkyl or cyclic N) is 1. The number of benzene rings is 2. The van der Waals surface area contributed by atoms with Gasteiger partial charge in [0.1, 0.15) is 0 Å². The van der Waals surface area contributed by atoms with Crippen molar-refractivity contribution in [2.45, 2.75) is 25.3 Å². The molecule has 1 aliphatic heterocycles. The van der Waals surface area contributed by atoms with Crippen molar-refractivity contribution in [1.82, 2.24) is 0 Å². The van der Waals surface area contributed by atoms with E-state index in [4.69, 9.17) is 9.47 Å². The molecule has 0 atom stereocenters. The minimum absolute atomic E-state index is 0.0850. The van der Waals surface area contributed by atoms with E-state index in [-0.39, 0.29) is 21.1 Å². The number of anilines is 1. The molecule has 2 aromatic heterocycles. The van der Waals surface area contributed by atoms with Crippen molar-refractivity contribution in [2.75, 3.05) is 32.3 Å². The molecule has 3 heterocycles. The van der Waals surface area contributed by atoms with Crippen LogP contribution < -0.4 is 18.9 Å². The molecule has 0 fully saturated rings. The summed E-state index contributed by atoms with van der Waals surface area (Å²) < 4.78 is 16.2. The van der Waals surface area contributed by atoms with Gasteiger partial charge in [0.05, 0.1) is 0 Å². The number of aromatic nitrogens is 1. The van der Waals surface area contributed by atoms with E-state index in [0.29, 0.717) is 6.54 Å². The number of aryl methyl sites for hydroxylation is 2. The van der Waals surface area contributed by atoms with Crippen LogP contribution in [0.2, 0.25) is 0 Å². The number of thioether (sulfide) groups is 1. The number of fused-ring (bicyclic) bond motifs is 2. The minimum atomic E-state index is 0.0850. The summed E-state index contributed by atoms with van der Waals surface area (Å²) in [5.41, 5.74) is 4.64. The van der Waals surface area contributed by atoms with Crippen LogP contribution in [0.3, 0.4) is 0 Å². The summed E-state index contributed by atoms with van der Waals surface area (Å²) >= 11 is 3.69. The molecule has 4 aromatic rings. The van der Waals surface area contributed by atoms with E-state index in [1.165, 1.54) is 24.8 Å². The van der Waals surface area contributed by atoms with Crippen molar-refractivity contribution in [3.05, 3.63) is 74.0 Å². The van der Waals surface area contributed by atoms with Gasteiger partial charge in [-0.15, -0.1) is 0 Å². The van der Waals surface area contributed by atoms with Gasteiger partial charge in [0.15, 0.2) is 0 Å². The molecule has 1 N–H and O–H groups in total. The van der Waals surface area contributed by atoms with Gasteiger partial charge >= 0.3 is 227 Å². The first-order valence-corrected chi connectivity index (χ1v) is 15.2. The quantitative estimate of drug-likeness (QED) is 0.217. The number of nitrogens with zero attached hydrogens (tertiary/aromatic N) is 2. The van der Waals surface area contributed by atoms with Crippen molar-refractivity contribution in [3.63, 3.8) is 0 Å². The van der Waals surface area contributed by atoms with Crippen LogP contribution in [0.1, 0.15) is 21.9 Å². The van der Waals surface area contributed by atoms with Crippen LogP contribution in [0, 0.1) is 6.92 Å². The number of allylic oxidation sites excluding steroid dienone is 2. The molecular weight excluding hydrogens is 555 g/mol. The van der Waals surface area contributed by atoms with Crippen LogP contribution in [0.25, 0.3) is 21.4 Å². The molecule has 0 saturated heterocycles. The number of hydrogen-bond acceptors (Lipinski definition) is 6. The number of aliphatic hydroxyl groups is 1. The fourth-order valence-electron chi connectivity index (χ4n) is 4.43. The van der Waals surface area contributed by atoms with Gasteiger partial charge in [0.25, 0.3) is 0 Å². The normalized spacial score (nSPS) is 14.6. The molecule has 0 saturated carbocycles. The Balaban J connectivity index is 1.63. The summed E-state index contributed by atoms with van der Waals surface area (Å²) in [5.74, 6) is 1.77. The summed E-state index contributed by atoms with van der Waals surface area (Å²) in [4.78, 5) is 4.59. The average Bonchev–Trinajstić information content (AvgIpc) is 3.61. The first-order valence-electron chi connectivity index (χ1n) is 11.8. The van der Waals surface area contributed by atoms with Crippen molar-refractivity contribution in [1.29, 1.82) is 0 Å². The number of hydrogen-bond donors (Lipinski definition) is 1. The summed E-state index contributed by atoms with van der Waals surface area (Å²) in [6, 6.07) is 14.9. The third-order valence-electron chi connectivity index (χ3n) is 6.19. The van der Waals surface area contributed by atoms with Gasteiger partial charge in [-0.3, -0.25) is 0 Å². The summed E-state index contributed by atoms with van der Waals surface area (Å²) in [7, 11) is 3.43. The first kappa shape index (κ1) is 25.2. The number of thiophene rings is 1. The fraction of sp³-hybridized carbons (Fsp3) is 0.250. The Bertz CT molecular complexity index is 1460. The number of rotatable bonds is 8. The van der Waals surface area contributed by atoms with E-state index in [0.717, 1.165) is 39.2 Å². The second-order valence-corrected chi connectivity index (χ2v) is 12.6. The molecule has 5 rings (SSSR count). The Kier molecular flexibility index (Phi) is 7.60. The molecule has 0 spiro atoms. The molecule has 0 radical (unpaired) electrons. The van der Waals surface area contributed by atoms with Crippen molar-refractivity contribution in [3.8, 4) is 11.5 Å². The van der Waals surface area contributed by atoms with Crippen LogP contribution in [-0.4, -0.2) is 47.0 Å². The van der Waals surface area contributed by atoms with Crippen LogP contribution in [0.5, 0.6) is 11.5 Å². The molecule has 0 aliphatic carbocycles. The van der Waals surface area contributed by atoms with Gasteiger partial charge in [-0.1, -0.05) is 0 Å². The fourth-order valence-corrected chi connectivity index (χ4v) is 8.72. The van der Waals surface area contributed by atoms with E-state index >= 15 is 0 Å². The van der Waals surface area contributed by atoms with Crippen LogP contribution >= 0.6 is 23.1 Å². The van der Waals surface area contributed by atoms with E-state index < -0.39 is 0 Å². The van der Waals surface area contributed by atoms with Crippen LogP contribution in [0.4, 0.5) is 5.69 Å². The number of ether oxygens (including phenoxy) is 2. The van der Waals surface area contributed by atoms with Gasteiger partial charge in [0.2, 0.25) is 0 Å². The van der Waals surface area contributed by atoms with Gasteiger partial charge < -0.3 is 0 Å². The van der Waals surface area contributed by atoms with E-state index in [2.05, 4.69) is 83.3 Å². The van der Waals surface area contributed by atoms with Crippen molar-refractivity contribution < 1.29 is 19.1 Å². The second-order valence-electron chi connectivity index (χ2n) is 8.34. The number of methoxy groups -OCH3 is 2. The first-order chi connectivity index (χ1) is 17.6. The van der Waals surface area contributed by atoms with Gasteiger partial charge in [-0.25, -0.2) is 0 Å². The maximum absolute atomic E-state index is 9.86. The average molecular weight is 585 g/mol. The molecule has 186 valence electrons. The Hall–Kier alpha value is -2.48.